The molecular formula is C18H18ClN5O3. The molecular weight excluding hydrogens is 370 g/mol. The highest BCUT2D eigenvalue weighted by molar-refractivity contribution is 6.31. The third-order valence-corrected chi connectivity index (χ3v) is 4.08. The normalized spacial score (nSPS) is 11.9. The van der Waals surface area contributed by atoms with Crippen molar-refractivity contribution >= 4 is 45.8 Å². The Hall–Kier alpha value is -2.97. The summed E-state index contributed by atoms with van der Waals surface area (Å²) in [6, 6.07) is 3.52. The molecule has 4 aromatic heterocycles. The smallest absolute Gasteiger partial charge is 0.194 e. The van der Waals surface area contributed by atoms with E-state index in [9.17, 15) is 4.79 Å². The van der Waals surface area contributed by atoms with Crippen molar-refractivity contribution in [3.63, 3.8) is 0 Å². The number of H-pyrrole nitrogens is 1. The van der Waals surface area contributed by atoms with Crippen molar-refractivity contribution in [1.29, 1.82) is 0 Å². The second kappa shape index (κ2) is 8.15. The van der Waals surface area contributed by atoms with Gasteiger partial charge in [-0.25, -0.2) is 15.0 Å². The van der Waals surface area contributed by atoms with Crippen LogP contribution in [0, 0.1) is 0 Å². The highest BCUT2D eigenvalue weighted by Crippen LogP contribution is 2.31. The van der Waals surface area contributed by atoms with Crippen molar-refractivity contribution in [2.45, 2.75) is 19.4 Å². The molecule has 8 nitrogen and oxygen atoms in total. The van der Waals surface area contributed by atoms with Gasteiger partial charge in [0.1, 0.15) is 17.5 Å². The van der Waals surface area contributed by atoms with Crippen molar-refractivity contribution in [3.05, 3.63) is 35.8 Å². The molecule has 0 amide bonds. The number of nitrogens with one attached hydrogen (secondary N) is 2. The summed E-state index contributed by atoms with van der Waals surface area (Å²) < 4.78 is 5.49. The van der Waals surface area contributed by atoms with Crippen LogP contribution in [0.5, 0.6) is 0 Å². The minimum Gasteiger partial charge on any atom is -0.459 e. The molecule has 1 unspecified atom stereocenters. The van der Waals surface area contributed by atoms with Crippen molar-refractivity contribution in [2.24, 2.45) is 0 Å². The lowest BCUT2D eigenvalue weighted by Crippen LogP contribution is -2.16. The molecule has 9 heteroatoms. The predicted molar refractivity (Wildman–Crippen MR) is 104 cm³/mol. The average molecular weight is 388 g/mol. The topological polar surface area (TPSA) is 117 Å². The fourth-order valence-corrected chi connectivity index (χ4v) is 2.84. The Bertz CT molecular complexity index is 1080. The van der Waals surface area contributed by atoms with Gasteiger partial charge in [-0.3, -0.25) is 0 Å². The average Bonchev–Trinajstić information content (AvgIpc) is 3.30. The van der Waals surface area contributed by atoms with Crippen LogP contribution in [0.4, 0.5) is 5.82 Å². The first-order valence-electron chi connectivity index (χ1n) is 8.19. The number of aldehydes is 1. The molecule has 0 radical (unpaired) electrons. The first kappa shape index (κ1) is 18.8. The minimum absolute atomic E-state index is 0.0763. The number of hydrogen-bond acceptors (Lipinski definition) is 7. The van der Waals surface area contributed by atoms with Gasteiger partial charge in [-0.15, -0.1) is 0 Å². The summed E-state index contributed by atoms with van der Waals surface area (Å²) in [5, 5.41) is 11.6. The third kappa shape index (κ3) is 3.76. The van der Waals surface area contributed by atoms with Gasteiger partial charge >= 0.3 is 0 Å². The number of halogens is 1. The van der Waals surface area contributed by atoms with Crippen LogP contribution in [0.15, 0.2) is 35.2 Å². The number of furan rings is 1. The standard InChI is InChI=1S/C17H14ClN5O2.CH4O/c1-9(2-4-24)21-17-14-13(3-5-25-14)22-16(23-17)12-8-20-15-11(12)6-10(18)7-19-15;1-2/h3-9H,2H2,1H3,(H,19,20)(H,21,22,23);2H,1H3. The highest BCUT2D eigenvalue weighted by Gasteiger charge is 2.16. The van der Waals surface area contributed by atoms with Gasteiger partial charge in [-0.05, 0) is 13.0 Å². The Kier molecular flexibility index (Phi) is 5.68. The first-order valence-corrected chi connectivity index (χ1v) is 8.56. The van der Waals surface area contributed by atoms with E-state index in [4.69, 9.17) is 21.1 Å². The van der Waals surface area contributed by atoms with E-state index in [1.54, 1.807) is 24.7 Å². The van der Waals surface area contributed by atoms with Crippen LogP contribution in [0.3, 0.4) is 0 Å². The van der Waals surface area contributed by atoms with Gasteiger partial charge in [-0.1, -0.05) is 11.6 Å². The largest absolute Gasteiger partial charge is 0.459 e. The number of carbonyl (C=O) groups is 1. The van der Waals surface area contributed by atoms with Crippen LogP contribution >= 0.6 is 11.6 Å². The molecule has 1 atom stereocenters. The number of aliphatic hydroxyl groups excluding tert-OH is 1. The second-order valence-corrected chi connectivity index (χ2v) is 6.17. The van der Waals surface area contributed by atoms with Gasteiger partial charge in [0.15, 0.2) is 17.2 Å². The van der Waals surface area contributed by atoms with E-state index in [1.807, 2.05) is 13.0 Å². The molecule has 0 spiro atoms. The Morgan fingerprint density at radius 2 is 2.22 bits per heavy atom. The zero-order valence-corrected chi connectivity index (χ0v) is 15.5. The quantitative estimate of drug-likeness (QED) is 0.449. The summed E-state index contributed by atoms with van der Waals surface area (Å²) >= 11 is 6.07. The maximum absolute atomic E-state index is 10.7. The minimum atomic E-state index is -0.0763. The molecule has 4 aromatic rings. The molecule has 27 heavy (non-hydrogen) atoms. The molecule has 3 N–H and O–H groups in total. The van der Waals surface area contributed by atoms with E-state index in [0.717, 1.165) is 24.3 Å². The number of anilines is 1. The van der Waals surface area contributed by atoms with Gasteiger partial charge in [0.05, 0.1) is 11.3 Å². The Morgan fingerprint density at radius 1 is 1.41 bits per heavy atom. The number of aliphatic hydroxyl groups is 1. The van der Waals surface area contributed by atoms with Crippen molar-refractivity contribution in [3.8, 4) is 11.4 Å². The lowest BCUT2D eigenvalue weighted by molar-refractivity contribution is -0.107. The zero-order chi connectivity index (χ0) is 19.4. The fourth-order valence-electron chi connectivity index (χ4n) is 2.68. The van der Waals surface area contributed by atoms with Gasteiger partial charge in [0.25, 0.3) is 0 Å². The Labute approximate surface area is 159 Å². The van der Waals surface area contributed by atoms with Gasteiger partial charge in [0.2, 0.25) is 0 Å². The molecule has 0 saturated carbocycles. The number of carbonyl (C=O) groups excluding carboxylic acids is 1. The van der Waals surface area contributed by atoms with Gasteiger partial charge in [-0.2, -0.15) is 0 Å². The number of hydrogen-bond donors (Lipinski definition) is 3. The van der Waals surface area contributed by atoms with Crippen molar-refractivity contribution in [2.75, 3.05) is 12.4 Å². The number of aromatic nitrogens is 4. The van der Waals surface area contributed by atoms with Crippen LogP contribution in [0.25, 0.3) is 33.5 Å². The SMILES string of the molecule is CC(CC=O)Nc1nc(-c2c[nH]c3ncc(Cl)cc23)nc2ccoc12.CO. The van der Waals surface area contributed by atoms with E-state index >= 15 is 0 Å². The molecule has 0 saturated heterocycles. The maximum atomic E-state index is 10.7. The predicted octanol–water partition coefficient (Wildman–Crippen LogP) is 3.42. The van der Waals surface area contributed by atoms with Crippen LogP contribution < -0.4 is 5.32 Å². The summed E-state index contributed by atoms with van der Waals surface area (Å²) in [4.78, 5) is 27.2. The van der Waals surface area contributed by atoms with Crippen molar-refractivity contribution in [1.82, 2.24) is 19.9 Å². The molecule has 140 valence electrons. The molecule has 4 rings (SSSR count). The van der Waals surface area contributed by atoms with Crippen LogP contribution in [-0.2, 0) is 4.79 Å². The summed E-state index contributed by atoms with van der Waals surface area (Å²) in [7, 11) is 1.00. The number of aromatic amines is 1. The van der Waals surface area contributed by atoms with E-state index in [2.05, 4.69) is 25.3 Å². The van der Waals surface area contributed by atoms with Crippen LogP contribution in [0.1, 0.15) is 13.3 Å². The lowest BCUT2D eigenvalue weighted by Gasteiger charge is -2.12. The maximum Gasteiger partial charge on any atom is 0.194 e. The molecule has 0 aliphatic rings. The van der Waals surface area contributed by atoms with Crippen LogP contribution in [-0.4, -0.2) is 44.5 Å². The van der Waals surface area contributed by atoms with Crippen LogP contribution in [0.2, 0.25) is 5.02 Å². The number of fused-ring (bicyclic) bond motifs is 2. The molecule has 0 bridgehead atoms. The summed E-state index contributed by atoms with van der Waals surface area (Å²) in [6.45, 7) is 1.90. The molecule has 0 fully saturated rings. The number of pyridine rings is 1. The Morgan fingerprint density at radius 3 is 3.00 bits per heavy atom. The summed E-state index contributed by atoms with van der Waals surface area (Å²) in [5.41, 5.74) is 2.73. The lowest BCUT2D eigenvalue weighted by atomic mass is 10.2. The third-order valence-electron chi connectivity index (χ3n) is 3.88. The molecule has 0 aliphatic carbocycles. The monoisotopic (exact) mass is 387 g/mol. The zero-order valence-electron chi connectivity index (χ0n) is 14.7. The summed E-state index contributed by atoms with van der Waals surface area (Å²) in [5.74, 6) is 1.06. The van der Waals surface area contributed by atoms with Gasteiger partial charge in [0, 0.05) is 49.0 Å². The van der Waals surface area contributed by atoms with E-state index in [0.29, 0.717) is 39.8 Å². The number of nitrogens with zero attached hydrogens (tertiary/aromatic N) is 3. The van der Waals surface area contributed by atoms with E-state index < -0.39 is 0 Å². The molecule has 4 heterocycles. The van der Waals surface area contributed by atoms with E-state index in [1.165, 1.54) is 0 Å². The first-order chi connectivity index (χ1) is 13.2. The fraction of sp³-hybridized carbons (Fsp3) is 0.222. The molecule has 0 aliphatic heterocycles. The van der Waals surface area contributed by atoms with Gasteiger partial charge < -0.3 is 24.6 Å². The number of rotatable bonds is 5. The second-order valence-electron chi connectivity index (χ2n) is 5.73. The Balaban J connectivity index is 0.00000102. The van der Waals surface area contributed by atoms with Crippen molar-refractivity contribution < 1.29 is 14.3 Å². The molecule has 0 aromatic carbocycles. The highest BCUT2D eigenvalue weighted by atomic mass is 35.5. The van der Waals surface area contributed by atoms with E-state index in [-0.39, 0.29) is 6.04 Å². The summed E-state index contributed by atoms with van der Waals surface area (Å²) in [6.07, 6.45) is 6.18.